The topological polar surface area (TPSA) is 64.0 Å². The minimum absolute atomic E-state index is 0.212. The number of ether oxygens (including phenoxy) is 2. The Balaban J connectivity index is 1.25. The standard InChI is InChI=1S/C31H39Cl2N3O4/c1-3-4-5-11-30(38)40-23(2)36-28-22-25(14-12-24(28)13-15-29(36)37)39-21-7-6-16-34-17-19-35(20-18-34)27-10-8-9-26(32)31(27)33/h8-10,12-15,22-23H,3-7,11,16-21H2,1-2H3. The third-order valence-electron chi connectivity index (χ3n) is 7.34. The Labute approximate surface area is 246 Å². The molecule has 1 saturated heterocycles. The summed E-state index contributed by atoms with van der Waals surface area (Å²) in [5.41, 5.74) is 1.48. The molecule has 2 heterocycles. The second-order valence-electron chi connectivity index (χ2n) is 10.3. The zero-order valence-corrected chi connectivity index (χ0v) is 24.9. The van der Waals surface area contributed by atoms with Gasteiger partial charge in [0, 0.05) is 44.7 Å². The molecule has 1 aliphatic rings. The van der Waals surface area contributed by atoms with Crippen LogP contribution in [0.4, 0.5) is 5.69 Å². The average molecular weight is 589 g/mol. The largest absolute Gasteiger partial charge is 0.494 e. The smallest absolute Gasteiger partial charge is 0.307 e. The highest BCUT2D eigenvalue weighted by atomic mass is 35.5. The molecule has 1 aliphatic heterocycles. The highest BCUT2D eigenvalue weighted by Crippen LogP contribution is 2.33. The van der Waals surface area contributed by atoms with E-state index in [9.17, 15) is 9.59 Å². The van der Waals surface area contributed by atoms with Crippen molar-refractivity contribution in [2.24, 2.45) is 0 Å². The molecule has 1 aromatic heterocycles. The Morgan fingerprint density at radius 1 is 0.975 bits per heavy atom. The molecule has 0 amide bonds. The van der Waals surface area contributed by atoms with Gasteiger partial charge in [-0.25, -0.2) is 0 Å². The first-order valence-corrected chi connectivity index (χ1v) is 15.0. The van der Waals surface area contributed by atoms with E-state index in [1.54, 1.807) is 13.0 Å². The van der Waals surface area contributed by atoms with Crippen LogP contribution in [0.15, 0.2) is 53.3 Å². The van der Waals surface area contributed by atoms with Crippen molar-refractivity contribution in [2.45, 2.75) is 58.6 Å². The average Bonchev–Trinajstić information content (AvgIpc) is 2.94. The SMILES string of the molecule is CCCCCC(=O)OC(C)n1c(=O)ccc2ccc(OCCCCN3CCN(c4cccc(Cl)c4Cl)CC3)cc21. The van der Waals surface area contributed by atoms with Crippen molar-refractivity contribution in [3.63, 3.8) is 0 Å². The number of anilines is 1. The number of pyridine rings is 1. The van der Waals surface area contributed by atoms with Gasteiger partial charge in [0.2, 0.25) is 0 Å². The fourth-order valence-corrected chi connectivity index (χ4v) is 5.51. The molecule has 0 saturated carbocycles. The highest BCUT2D eigenvalue weighted by molar-refractivity contribution is 6.43. The second-order valence-corrected chi connectivity index (χ2v) is 11.1. The minimum Gasteiger partial charge on any atom is -0.494 e. The van der Waals surface area contributed by atoms with Gasteiger partial charge in [0.15, 0.2) is 6.23 Å². The summed E-state index contributed by atoms with van der Waals surface area (Å²) in [6, 6.07) is 14.8. The molecule has 9 heteroatoms. The maximum absolute atomic E-state index is 12.7. The molecule has 1 atom stereocenters. The monoisotopic (exact) mass is 587 g/mol. The van der Waals surface area contributed by atoms with Gasteiger partial charge in [-0.3, -0.25) is 19.1 Å². The summed E-state index contributed by atoms with van der Waals surface area (Å²) < 4.78 is 13.2. The molecule has 216 valence electrons. The molecule has 40 heavy (non-hydrogen) atoms. The molecule has 0 radical (unpaired) electrons. The Hall–Kier alpha value is -2.74. The van der Waals surface area contributed by atoms with Crippen LogP contribution in [0, 0.1) is 0 Å². The van der Waals surface area contributed by atoms with Crippen LogP contribution in [0.2, 0.25) is 10.0 Å². The number of carbonyl (C=O) groups is 1. The van der Waals surface area contributed by atoms with Gasteiger partial charge in [-0.2, -0.15) is 0 Å². The number of rotatable bonds is 13. The summed E-state index contributed by atoms with van der Waals surface area (Å²) >= 11 is 12.6. The number of halogens is 2. The molecule has 3 aromatic rings. The van der Waals surface area contributed by atoms with Crippen LogP contribution in [-0.2, 0) is 9.53 Å². The third kappa shape index (κ3) is 7.93. The van der Waals surface area contributed by atoms with Crippen molar-refractivity contribution in [2.75, 3.05) is 44.2 Å². The predicted molar refractivity (Wildman–Crippen MR) is 163 cm³/mol. The molecule has 1 fully saturated rings. The van der Waals surface area contributed by atoms with Gasteiger partial charge in [-0.1, -0.05) is 49.0 Å². The van der Waals surface area contributed by atoms with E-state index in [2.05, 4.69) is 16.7 Å². The van der Waals surface area contributed by atoms with Crippen LogP contribution in [0.3, 0.4) is 0 Å². The normalized spacial score (nSPS) is 14.8. The van der Waals surface area contributed by atoms with Crippen molar-refractivity contribution in [3.8, 4) is 5.75 Å². The van der Waals surface area contributed by atoms with Crippen LogP contribution >= 0.6 is 23.2 Å². The summed E-state index contributed by atoms with van der Waals surface area (Å²) in [6.45, 7) is 9.22. The number of benzene rings is 2. The molecule has 7 nitrogen and oxygen atoms in total. The Kier molecular flexibility index (Phi) is 11.2. The van der Waals surface area contributed by atoms with E-state index in [0.29, 0.717) is 34.3 Å². The van der Waals surface area contributed by atoms with E-state index in [1.165, 1.54) is 10.6 Å². The Morgan fingerprint density at radius 3 is 2.52 bits per heavy atom. The Morgan fingerprint density at radius 2 is 1.75 bits per heavy atom. The number of piperazine rings is 1. The summed E-state index contributed by atoms with van der Waals surface area (Å²) in [4.78, 5) is 29.7. The van der Waals surface area contributed by atoms with Crippen molar-refractivity contribution >= 4 is 45.8 Å². The lowest BCUT2D eigenvalue weighted by Crippen LogP contribution is -2.46. The van der Waals surface area contributed by atoms with Gasteiger partial charge in [0.1, 0.15) is 5.75 Å². The number of unbranched alkanes of at least 4 members (excludes halogenated alkanes) is 3. The van der Waals surface area contributed by atoms with Crippen molar-refractivity contribution in [1.82, 2.24) is 9.47 Å². The maximum Gasteiger partial charge on any atom is 0.307 e. The van der Waals surface area contributed by atoms with E-state index < -0.39 is 6.23 Å². The van der Waals surface area contributed by atoms with E-state index in [0.717, 1.165) is 75.9 Å². The van der Waals surface area contributed by atoms with Crippen LogP contribution in [0.1, 0.15) is 58.6 Å². The molecule has 0 bridgehead atoms. The number of carbonyl (C=O) groups excluding carboxylic acids is 1. The number of hydrogen-bond donors (Lipinski definition) is 0. The van der Waals surface area contributed by atoms with Crippen molar-refractivity contribution < 1.29 is 14.3 Å². The first-order chi connectivity index (χ1) is 19.4. The van der Waals surface area contributed by atoms with Gasteiger partial charge in [0.05, 0.1) is 27.9 Å². The Bertz CT molecular complexity index is 1340. The third-order valence-corrected chi connectivity index (χ3v) is 8.14. The molecule has 1 unspecified atom stereocenters. The fourth-order valence-electron chi connectivity index (χ4n) is 5.10. The van der Waals surface area contributed by atoms with E-state index in [4.69, 9.17) is 32.7 Å². The lowest BCUT2D eigenvalue weighted by atomic mass is 10.2. The fraction of sp³-hybridized carbons (Fsp3) is 0.484. The second kappa shape index (κ2) is 14.8. The molecular formula is C31H39Cl2N3O4. The number of hydrogen-bond acceptors (Lipinski definition) is 6. The molecule has 0 aliphatic carbocycles. The van der Waals surface area contributed by atoms with E-state index in [1.807, 2.05) is 36.4 Å². The first kappa shape index (κ1) is 30.2. The summed E-state index contributed by atoms with van der Waals surface area (Å²) in [6.07, 6.45) is 4.42. The minimum atomic E-state index is -0.698. The van der Waals surface area contributed by atoms with Crippen LogP contribution < -0.4 is 15.2 Å². The zero-order chi connectivity index (χ0) is 28.5. The van der Waals surface area contributed by atoms with Crippen LogP contribution in [0.5, 0.6) is 5.75 Å². The first-order valence-electron chi connectivity index (χ1n) is 14.3. The summed E-state index contributed by atoms with van der Waals surface area (Å²) in [5.74, 6) is 0.410. The lowest BCUT2D eigenvalue weighted by molar-refractivity contribution is -0.152. The van der Waals surface area contributed by atoms with Crippen LogP contribution in [0.25, 0.3) is 10.9 Å². The molecular weight excluding hydrogens is 549 g/mol. The maximum atomic E-state index is 12.7. The number of esters is 1. The quantitative estimate of drug-likeness (QED) is 0.159. The zero-order valence-electron chi connectivity index (χ0n) is 23.4. The van der Waals surface area contributed by atoms with Crippen molar-refractivity contribution in [3.05, 3.63) is 68.9 Å². The molecule has 4 rings (SSSR count). The number of fused-ring (bicyclic) bond motifs is 1. The van der Waals surface area contributed by atoms with Crippen molar-refractivity contribution in [1.29, 1.82) is 0 Å². The van der Waals surface area contributed by atoms with Gasteiger partial charge in [0.25, 0.3) is 5.56 Å². The van der Waals surface area contributed by atoms with Gasteiger partial charge in [-0.05, 0) is 68.4 Å². The highest BCUT2D eigenvalue weighted by Gasteiger charge is 2.20. The van der Waals surface area contributed by atoms with Gasteiger partial charge < -0.3 is 14.4 Å². The molecule has 0 spiro atoms. The number of nitrogens with zero attached hydrogens (tertiary/aromatic N) is 3. The van der Waals surface area contributed by atoms with E-state index >= 15 is 0 Å². The molecule has 2 aromatic carbocycles. The summed E-state index contributed by atoms with van der Waals surface area (Å²) in [7, 11) is 0. The number of aromatic nitrogens is 1. The lowest BCUT2D eigenvalue weighted by Gasteiger charge is -2.36. The van der Waals surface area contributed by atoms with Crippen LogP contribution in [-0.4, -0.2) is 54.8 Å². The molecule has 0 N–H and O–H groups in total. The van der Waals surface area contributed by atoms with E-state index in [-0.39, 0.29) is 11.5 Å². The van der Waals surface area contributed by atoms with Gasteiger partial charge in [-0.15, -0.1) is 0 Å². The summed E-state index contributed by atoms with van der Waals surface area (Å²) in [5, 5.41) is 2.10. The predicted octanol–water partition coefficient (Wildman–Crippen LogP) is 6.93. The van der Waals surface area contributed by atoms with Gasteiger partial charge >= 0.3 is 5.97 Å².